The van der Waals surface area contributed by atoms with Gasteiger partial charge >= 0.3 is 0 Å². The van der Waals surface area contributed by atoms with Gasteiger partial charge in [0.1, 0.15) is 0 Å². The zero-order valence-electron chi connectivity index (χ0n) is 12.1. The van der Waals surface area contributed by atoms with Crippen LogP contribution < -0.4 is 0 Å². The number of thioether (sulfide) groups is 1. The Morgan fingerprint density at radius 3 is 1.89 bits per heavy atom. The highest BCUT2D eigenvalue weighted by Gasteiger charge is 2.24. The van der Waals surface area contributed by atoms with Gasteiger partial charge in [0.2, 0.25) is 0 Å². The molecule has 1 aliphatic rings. The summed E-state index contributed by atoms with van der Waals surface area (Å²) in [6.45, 7) is 2.29. The first-order chi connectivity index (χ1) is 8.84. The Bertz CT molecular complexity index is 184. The fourth-order valence-corrected chi connectivity index (χ4v) is 4.65. The SMILES string of the molecule is CCCCCCCCCCCCC1CSCC1Cl. The van der Waals surface area contributed by atoms with Gasteiger partial charge in [-0.15, -0.1) is 11.6 Å². The molecule has 2 atom stereocenters. The van der Waals surface area contributed by atoms with Gasteiger partial charge in [-0.05, 0) is 18.1 Å². The first kappa shape index (κ1) is 16.7. The summed E-state index contributed by atoms with van der Waals surface area (Å²) in [5, 5.41) is 0.466. The van der Waals surface area contributed by atoms with Crippen molar-refractivity contribution in [2.45, 2.75) is 82.9 Å². The predicted octanol–water partition coefficient (Wildman–Crippen LogP) is 6.27. The van der Waals surface area contributed by atoms with Gasteiger partial charge in [-0.2, -0.15) is 11.8 Å². The van der Waals surface area contributed by atoms with Crippen molar-refractivity contribution in [3.05, 3.63) is 0 Å². The number of hydrogen-bond acceptors (Lipinski definition) is 1. The second kappa shape index (κ2) is 11.5. The first-order valence-electron chi connectivity index (χ1n) is 8.06. The number of halogens is 1. The molecule has 1 aliphatic heterocycles. The maximum absolute atomic E-state index is 6.28. The van der Waals surface area contributed by atoms with Crippen molar-refractivity contribution in [2.24, 2.45) is 5.92 Å². The average Bonchev–Trinajstić information content (AvgIpc) is 2.77. The molecule has 1 heterocycles. The number of alkyl halides is 1. The highest BCUT2D eigenvalue weighted by Crippen LogP contribution is 2.32. The van der Waals surface area contributed by atoms with Crippen molar-refractivity contribution in [1.82, 2.24) is 0 Å². The summed E-state index contributed by atoms with van der Waals surface area (Å²) >= 11 is 8.32. The molecule has 1 fully saturated rings. The molecule has 0 aromatic carbocycles. The molecule has 18 heavy (non-hydrogen) atoms. The van der Waals surface area contributed by atoms with E-state index in [0.29, 0.717) is 5.38 Å². The molecule has 1 saturated heterocycles. The third-order valence-corrected chi connectivity index (χ3v) is 6.00. The van der Waals surface area contributed by atoms with E-state index in [2.05, 4.69) is 6.92 Å². The van der Waals surface area contributed by atoms with Crippen LogP contribution in [0.2, 0.25) is 0 Å². The van der Waals surface area contributed by atoms with Crippen molar-refractivity contribution in [2.75, 3.05) is 11.5 Å². The van der Waals surface area contributed by atoms with E-state index in [9.17, 15) is 0 Å². The lowest BCUT2D eigenvalue weighted by atomic mass is 9.99. The lowest BCUT2D eigenvalue weighted by Gasteiger charge is -2.11. The normalized spacial score (nSPS) is 23.7. The maximum atomic E-state index is 6.28. The molecule has 1 rings (SSSR count). The zero-order chi connectivity index (χ0) is 13.1. The Morgan fingerprint density at radius 2 is 1.39 bits per heavy atom. The van der Waals surface area contributed by atoms with Crippen molar-refractivity contribution < 1.29 is 0 Å². The Labute approximate surface area is 124 Å². The lowest BCUT2D eigenvalue weighted by molar-refractivity contribution is 0.490. The smallest absolute Gasteiger partial charge is 0.0462 e. The molecule has 0 aromatic rings. The third-order valence-electron chi connectivity index (χ3n) is 4.05. The van der Waals surface area contributed by atoms with E-state index in [4.69, 9.17) is 11.6 Å². The average molecular weight is 291 g/mol. The lowest BCUT2D eigenvalue weighted by Crippen LogP contribution is -2.11. The zero-order valence-corrected chi connectivity index (χ0v) is 13.7. The van der Waals surface area contributed by atoms with Crippen LogP contribution in [0.15, 0.2) is 0 Å². The molecule has 0 nitrogen and oxygen atoms in total. The largest absolute Gasteiger partial charge is 0.160 e. The van der Waals surface area contributed by atoms with Gasteiger partial charge in [0.05, 0.1) is 0 Å². The number of hydrogen-bond donors (Lipinski definition) is 0. The molecule has 0 aromatic heterocycles. The Hall–Kier alpha value is 0.640. The summed E-state index contributed by atoms with van der Waals surface area (Å²) in [5.41, 5.74) is 0. The minimum Gasteiger partial charge on any atom is -0.160 e. The van der Waals surface area contributed by atoms with E-state index >= 15 is 0 Å². The molecule has 0 amide bonds. The molecule has 0 radical (unpaired) electrons. The molecule has 0 spiro atoms. The summed E-state index contributed by atoms with van der Waals surface area (Å²) < 4.78 is 0. The van der Waals surface area contributed by atoms with Crippen LogP contribution in [0.4, 0.5) is 0 Å². The summed E-state index contributed by atoms with van der Waals surface area (Å²) in [5.74, 6) is 3.31. The number of unbranched alkanes of at least 4 members (excludes halogenated alkanes) is 9. The van der Waals surface area contributed by atoms with Crippen LogP contribution in [0, 0.1) is 5.92 Å². The Balaban J connectivity index is 1.76. The molecule has 0 bridgehead atoms. The van der Waals surface area contributed by atoms with Crippen LogP contribution in [0.25, 0.3) is 0 Å². The van der Waals surface area contributed by atoms with Crippen molar-refractivity contribution >= 4 is 23.4 Å². The highest BCUT2D eigenvalue weighted by atomic mass is 35.5. The van der Waals surface area contributed by atoms with Gasteiger partial charge in [-0.1, -0.05) is 71.1 Å². The fraction of sp³-hybridized carbons (Fsp3) is 1.00. The Kier molecular flexibility index (Phi) is 10.6. The van der Waals surface area contributed by atoms with E-state index < -0.39 is 0 Å². The van der Waals surface area contributed by atoms with Gasteiger partial charge in [-0.25, -0.2) is 0 Å². The van der Waals surface area contributed by atoms with E-state index in [-0.39, 0.29) is 0 Å². The molecule has 0 N–H and O–H groups in total. The summed E-state index contributed by atoms with van der Waals surface area (Å²) in [6, 6.07) is 0. The van der Waals surface area contributed by atoms with E-state index in [1.807, 2.05) is 11.8 Å². The summed E-state index contributed by atoms with van der Waals surface area (Å²) in [4.78, 5) is 0. The minimum atomic E-state index is 0.466. The topological polar surface area (TPSA) is 0 Å². The maximum Gasteiger partial charge on any atom is 0.0462 e. The standard InChI is InChI=1S/C16H31ClS/c1-2-3-4-5-6-7-8-9-10-11-12-15-13-18-14-16(15)17/h15-16H,2-14H2,1H3. The summed E-state index contributed by atoms with van der Waals surface area (Å²) in [7, 11) is 0. The molecule has 0 aliphatic carbocycles. The van der Waals surface area contributed by atoms with E-state index in [0.717, 1.165) is 5.92 Å². The van der Waals surface area contributed by atoms with Gasteiger partial charge in [-0.3, -0.25) is 0 Å². The van der Waals surface area contributed by atoms with E-state index in [1.165, 1.54) is 82.1 Å². The number of rotatable bonds is 11. The predicted molar refractivity (Wildman–Crippen MR) is 86.9 cm³/mol. The van der Waals surface area contributed by atoms with Crippen LogP contribution in [0.1, 0.15) is 77.6 Å². The second-order valence-electron chi connectivity index (χ2n) is 5.78. The van der Waals surface area contributed by atoms with Crippen LogP contribution in [0.5, 0.6) is 0 Å². The molecule has 2 heteroatoms. The van der Waals surface area contributed by atoms with Gasteiger partial charge < -0.3 is 0 Å². The van der Waals surface area contributed by atoms with Gasteiger partial charge in [0.25, 0.3) is 0 Å². The van der Waals surface area contributed by atoms with Crippen LogP contribution in [0.3, 0.4) is 0 Å². The molecule has 0 saturated carbocycles. The van der Waals surface area contributed by atoms with Crippen LogP contribution in [-0.4, -0.2) is 16.9 Å². The van der Waals surface area contributed by atoms with Crippen molar-refractivity contribution in [3.63, 3.8) is 0 Å². The van der Waals surface area contributed by atoms with E-state index in [1.54, 1.807) is 0 Å². The van der Waals surface area contributed by atoms with Gasteiger partial charge in [0.15, 0.2) is 0 Å². The summed E-state index contributed by atoms with van der Waals surface area (Å²) in [6.07, 6.45) is 15.7. The second-order valence-corrected chi connectivity index (χ2v) is 7.42. The first-order valence-corrected chi connectivity index (χ1v) is 9.65. The quantitative estimate of drug-likeness (QED) is 0.319. The monoisotopic (exact) mass is 290 g/mol. The van der Waals surface area contributed by atoms with Crippen LogP contribution >= 0.6 is 23.4 Å². The molecule has 2 unspecified atom stereocenters. The van der Waals surface area contributed by atoms with Gasteiger partial charge in [0, 0.05) is 11.1 Å². The Morgan fingerprint density at radius 1 is 0.833 bits per heavy atom. The fourth-order valence-electron chi connectivity index (χ4n) is 2.73. The van der Waals surface area contributed by atoms with Crippen LogP contribution in [-0.2, 0) is 0 Å². The molecular weight excluding hydrogens is 260 g/mol. The molecule has 108 valence electrons. The minimum absolute atomic E-state index is 0.466. The highest BCUT2D eigenvalue weighted by molar-refractivity contribution is 7.99. The van der Waals surface area contributed by atoms with Crippen molar-refractivity contribution in [1.29, 1.82) is 0 Å². The third kappa shape index (κ3) is 7.94. The van der Waals surface area contributed by atoms with Crippen molar-refractivity contribution in [3.8, 4) is 0 Å². The molecular formula is C16H31ClS.